The van der Waals surface area contributed by atoms with Gasteiger partial charge in [-0.25, -0.2) is 13.8 Å². The monoisotopic (exact) mass is 507 g/mol. The molecule has 1 aliphatic heterocycles. The van der Waals surface area contributed by atoms with Crippen LogP contribution in [0.15, 0.2) is 73.1 Å². The summed E-state index contributed by atoms with van der Waals surface area (Å²) in [6.45, 7) is 15.0. The number of allylic oxidation sites excluding steroid dienone is 3. The summed E-state index contributed by atoms with van der Waals surface area (Å²) in [6, 6.07) is 6.58. The summed E-state index contributed by atoms with van der Waals surface area (Å²) in [6.07, 6.45) is 7.42. The zero-order valence-electron chi connectivity index (χ0n) is 21.7. The number of nitrogens with one attached hydrogen (secondary N) is 2. The first-order valence-corrected chi connectivity index (χ1v) is 12.4. The van der Waals surface area contributed by atoms with Crippen LogP contribution in [0.25, 0.3) is 17.0 Å². The van der Waals surface area contributed by atoms with Gasteiger partial charge in [-0.05, 0) is 76.1 Å². The maximum Gasteiger partial charge on any atom is 0.251 e. The number of amides is 1. The summed E-state index contributed by atoms with van der Waals surface area (Å²) in [5.41, 5.74) is 8.33. The van der Waals surface area contributed by atoms with Crippen LogP contribution in [-0.2, 0) is 0 Å². The molecule has 1 saturated heterocycles. The van der Waals surface area contributed by atoms with Gasteiger partial charge in [-0.2, -0.15) is 0 Å². The van der Waals surface area contributed by atoms with E-state index in [0.717, 1.165) is 25.1 Å². The maximum atomic E-state index is 14.9. The van der Waals surface area contributed by atoms with E-state index in [1.807, 2.05) is 32.9 Å². The molecule has 0 unspecified atom stereocenters. The Morgan fingerprint density at radius 1 is 1.24 bits per heavy atom. The minimum atomic E-state index is -0.619. The van der Waals surface area contributed by atoms with Crippen molar-refractivity contribution < 1.29 is 13.6 Å². The molecule has 4 N–H and O–H groups in total. The van der Waals surface area contributed by atoms with E-state index >= 15 is 0 Å². The van der Waals surface area contributed by atoms with Crippen molar-refractivity contribution in [2.75, 3.05) is 13.1 Å². The number of benzene rings is 1. The summed E-state index contributed by atoms with van der Waals surface area (Å²) in [4.78, 5) is 19.0. The average molecular weight is 508 g/mol. The molecule has 0 spiro atoms. The van der Waals surface area contributed by atoms with E-state index in [4.69, 9.17) is 5.73 Å². The molecule has 3 rings (SSSR count). The van der Waals surface area contributed by atoms with Gasteiger partial charge in [0.25, 0.3) is 5.91 Å². The van der Waals surface area contributed by atoms with Gasteiger partial charge < -0.3 is 21.3 Å². The Balaban J connectivity index is 1.96. The first-order valence-electron chi connectivity index (χ1n) is 12.4. The molecule has 1 aliphatic rings. The molecule has 1 aromatic carbocycles. The van der Waals surface area contributed by atoms with Crippen LogP contribution in [0.2, 0.25) is 0 Å². The molecular weight excluding hydrogens is 472 g/mol. The number of hydrogen-bond acceptors (Lipinski definition) is 5. The fourth-order valence-electron chi connectivity index (χ4n) is 4.21. The number of likely N-dealkylation sites (tertiary alicyclic amines) is 1. The molecule has 1 fully saturated rings. The van der Waals surface area contributed by atoms with Gasteiger partial charge >= 0.3 is 0 Å². The van der Waals surface area contributed by atoms with Gasteiger partial charge in [-0.15, -0.1) is 0 Å². The molecule has 1 amide bonds. The summed E-state index contributed by atoms with van der Waals surface area (Å²) < 4.78 is 29.7. The standard InChI is InChI=1S/C29H35F2N5O/c1-6-9-27(36-15-8-10-21(32)17-36)25(7-2)34-19(5)28-24(31)13-14-26(35-28)22-16-20(11-12-23(22)30)29(37)33-18(3)4/h6-7,9,11-14,16,18,21,34H,2,5,8,10,15,17,32H2,1,3-4H3,(H,33,37)/b9-6-,27-25-/t21-/m0/s1. The predicted octanol–water partition coefficient (Wildman–Crippen LogP) is 5.12. The fourth-order valence-corrected chi connectivity index (χ4v) is 4.21. The van der Waals surface area contributed by atoms with Crippen LogP contribution in [-0.4, -0.2) is 41.0 Å². The fraction of sp³-hybridized carbons (Fsp3) is 0.310. The molecule has 1 atom stereocenters. The van der Waals surface area contributed by atoms with Crippen molar-refractivity contribution >= 4 is 11.6 Å². The molecule has 8 heteroatoms. The number of aromatic nitrogens is 1. The Morgan fingerprint density at radius 3 is 2.62 bits per heavy atom. The number of rotatable bonds is 9. The SMILES string of the molecule is C=C/C(NC(=C)c1nc(-c2cc(C(=O)NC(C)C)ccc2F)ccc1F)=C(\C=C/C)N1CCC[C@H](N)C1. The Morgan fingerprint density at radius 2 is 1.97 bits per heavy atom. The second kappa shape index (κ2) is 12.5. The van der Waals surface area contributed by atoms with Gasteiger partial charge in [-0.1, -0.05) is 19.2 Å². The van der Waals surface area contributed by atoms with Crippen LogP contribution in [0, 0.1) is 11.6 Å². The number of nitrogens with zero attached hydrogens (tertiary/aromatic N) is 2. The van der Waals surface area contributed by atoms with Crippen LogP contribution >= 0.6 is 0 Å². The van der Waals surface area contributed by atoms with Gasteiger partial charge in [0.1, 0.15) is 11.5 Å². The molecule has 0 radical (unpaired) electrons. The van der Waals surface area contributed by atoms with Crippen LogP contribution in [0.3, 0.4) is 0 Å². The Kier molecular flexibility index (Phi) is 9.36. The van der Waals surface area contributed by atoms with Gasteiger partial charge in [-0.3, -0.25) is 4.79 Å². The van der Waals surface area contributed by atoms with Crippen molar-refractivity contribution in [2.45, 2.75) is 45.7 Å². The molecule has 0 aliphatic carbocycles. The van der Waals surface area contributed by atoms with Gasteiger partial charge in [0.05, 0.1) is 22.8 Å². The van der Waals surface area contributed by atoms with E-state index in [2.05, 4.69) is 33.7 Å². The molecule has 2 heterocycles. The van der Waals surface area contributed by atoms with Gasteiger partial charge in [0.2, 0.25) is 0 Å². The second-order valence-electron chi connectivity index (χ2n) is 9.30. The number of pyridine rings is 1. The molecule has 6 nitrogen and oxygen atoms in total. The third-order valence-corrected chi connectivity index (χ3v) is 5.94. The summed E-state index contributed by atoms with van der Waals surface area (Å²) in [7, 11) is 0. The summed E-state index contributed by atoms with van der Waals surface area (Å²) in [5.74, 6) is -1.53. The zero-order valence-corrected chi connectivity index (χ0v) is 21.7. The molecule has 1 aromatic heterocycles. The van der Waals surface area contributed by atoms with Crippen molar-refractivity contribution in [1.82, 2.24) is 20.5 Å². The number of carbonyl (C=O) groups excluding carboxylic acids is 1. The highest BCUT2D eigenvalue weighted by atomic mass is 19.1. The Labute approximate surface area is 217 Å². The molecule has 0 bridgehead atoms. The lowest BCUT2D eigenvalue weighted by Gasteiger charge is -2.34. The maximum absolute atomic E-state index is 14.9. The van der Waals surface area contributed by atoms with Crippen molar-refractivity contribution in [3.8, 4) is 11.3 Å². The van der Waals surface area contributed by atoms with Crippen LogP contribution in [0.5, 0.6) is 0 Å². The van der Waals surface area contributed by atoms with E-state index in [0.29, 0.717) is 12.2 Å². The molecule has 2 aromatic rings. The number of halogens is 2. The average Bonchev–Trinajstić information content (AvgIpc) is 2.86. The highest BCUT2D eigenvalue weighted by Gasteiger charge is 2.21. The Bertz CT molecular complexity index is 1230. The lowest BCUT2D eigenvalue weighted by molar-refractivity contribution is 0.0943. The second-order valence-corrected chi connectivity index (χ2v) is 9.30. The lowest BCUT2D eigenvalue weighted by atomic mass is 10.0. The highest BCUT2D eigenvalue weighted by Crippen LogP contribution is 2.26. The van der Waals surface area contributed by atoms with Gasteiger partial charge in [0.15, 0.2) is 5.82 Å². The zero-order chi connectivity index (χ0) is 27.1. The van der Waals surface area contributed by atoms with Crippen molar-refractivity contribution in [3.63, 3.8) is 0 Å². The van der Waals surface area contributed by atoms with E-state index < -0.39 is 11.6 Å². The van der Waals surface area contributed by atoms with Crippen molar-refractivity contribution in [3.05, 3.63) is 96.0 Å². The normalized spacial score (nSPS) is 16.5. The number of nitrogens with two attached hydrogens (primary N) is 1. The quantitative estimate of drug-likeness (QED) is 0.410. The van der Waals surface area contributed by atoms with E-state index in [1.54, 1.807) is 6.08 Å². The number of hydrogen-bond donors (Lipinski definition) is 3. The summed E-state index contributed by atoms with van der Waals surface area (Å²) in [5, 5.41) is 5.92. The predicted molar refractivity (Wildman–Crippen MR) is 145 cm³/mol. The van der Waals surface area contributed by atoms with Crippen LogP contribution < -0.4 is 16.4 Å². The number of piperidine rings is 1. The van der Waals surface area contributed by atoms with Crippen molar-refractivity contribution in [1.29, 1.82) is 0 Å². The minimum Gasteiger partial charge on any atom is -0.368 e. The minimum absolute atomic E-state index is 0.0624. The molecule has 0 saturated carbocycles. The summed E-state index contributed by atoms with van der Waals surface area (Å²) >= 11 is 0. The van der Waals surface area contributed by atoms with Crippen LogP contribution in [0.1, 0.15) is 49.7 Å². The molecular formula is C29H35F2N5O. The third kappa shape index (κ3) is 6.92. The molecule has 37 heavy (non-hydrogen) atoms. The lowest BCUT2D eigenvalue weighted by Crippen LogP contribution is -2.42. The smallest absolute Gasteiger partial charge is 0.251 e. The van der Waals surface area contributed by atoms with Gasteiger partial charge in [0, 0.05) is 36.3 Å². The van der Waals surface area contributed by atoms with Crippen LogP contribution in [0.4, 0.5) is 8.78 Å². The topological polar surface area (TPSA) is 83.3 Å². The Hall–Kier alpha value is -3.78. The van der Waals surface area contributed by atoms with E-state index in [-0.39, 0.29) is 46.2 Å². The third-order valence-electron chi connectivity index (χ3n) is 5.94. The van der Waals surface area contributed by atoms with E-state index in [1.165, 1.54) is 30.3 Å². The first kappa shape index (κ1) is 27.8. The molecule has 196 valence electrons. The van der Waals surface area contributed by atoms with Crippen molar-refractivity contribution in [2.24, 2.45) is 5.73 Å². The number of carbonyl (C=O) groups is 1. The highest BCUT2D eigenvalue weighted by molar-refractivity contribution is 5.95. The van der Waals surface area contributed by atoms with E-state index in [9.17, 15) is 13.6 Å². The first-order chi connectivity index (χ1) is 17.6. The largest absolute Gasteiger partial charge is 0.368 e.